The number of carbonyl (C=O) groups is 1. The molecule has 1 saturated carbocycles. The Morgan fingerprint density at radius 1 is 0.941 bits per heavy atom. The van der Waals surface area contributed by atoms with Crippen molar-refractivity contribution >= 4 is 5.78 Å². The minimum atomic E-state index is 0. The zero-order valence-corrected chi connectivity index (χ0v) is 11.6. The molecule has 0 bridgehead atoms. The Morgan fingerprint density at radius 3 is 2.18 bits per heavy atom. The number of rotatable bonds is 4. The van der Waals surface area contributed by atoms with Crippen LogP contribution >= 0.6 is 0 Å². The van der Waals surface area contributed by atoms with Crippen LogP contribution in [0.1, 0.15) is 57.8 Å². The van der Waals surface area contributed by atoms with E-state index in [1.54, 1.807) is 4.90 Å². The highest BCUT2D eigenvalue weighted by atomic mass is 35.5. The maximum Gasteiger partial charge on any atom is 0.141 e. The number of nitrogens with one attached hydrogen (secondary N) is 1. The number of likely N-dealkylation sites (tertiary alicyclic amines) is 1. The molecule has 0 atom stereocenters. The van der Waals surface area contributed by atoms with Crippen molar-refractivity contribution in [3.05, 3.63) is 0 Å². The maximum absolute atomic E-state index is 12.0. The summed E-state index contributed by atoms with van der Waals surface area (Å²) >= 11 is 0. The number of halogens is 1. The molecule has 1 N–H and O–H groups in total. The second-order valence-corrected chi connectivity index (χ2v) is 5.61. The third-order valence-electron chi connectivity index (χ3n) is 4.35. The molecule has 2 aliphatic rings. The second kappa shape index (κ2) is 8.10. The van der Waals surface area contributed by atoms with Gasteiger partial charge in [0.1, 0.15) is 5.78 Å². The van der Waals surface area contributed by atoms with Crippen LogP contribution in [-0.4, -0.2) is 25.4 Å². The lowest BCUT2D eigenvalue weighted by Gasteiger charge is -2.25. The Bertz CT molecular complexity index is 220. The summed E-state index contributed by atoms with van der Waals surface area (Å²) in [5.74, 6) is 0.996. The lowest BCUT2D eigenvalue weighted by molar-refractivity contribution is -0.904. The van der Waals surface area contributed by atoms with Crippen LogP contribution in [0.4, 0.5) is 0 Å². The smallest absolute Gasteiger partial charge is 0.141 e. The van der Waals surface area contributed by atoms with Crippen LogP contribution in [0.2, 0.25) is 0 Å². The summed E-state index contributed by atoms with van der Waals surface area (Å²) in [4.78, 5) is 13.7. The fraction of sp³-hybridized carbons (Fsp3) is 0.929. The first-order valence-electron chi connectivity index (χ1n) is 7.22. The number of piperidine rings is 1. The molecule has 1 aliphatic carbocycles. The summed E-state index contributed by atoms with van der Waals surface area (Å²) in [5.41, 5.74) is 0. The van der Waals surface area contributed by atoms with E-state index in [4.69, 9.17) is 0 Å². The molecule has 0 amide bonds. The molecule has 2 nitrogen and oxygen atoms in total. The van der Waals surface area contributed by atoms with Crippen LogP contribution in [0.3, 0.4) is 0 Å². The van der Waals surface area contributed by atoms with Gasteiger partial charge in [-0.05, 0) is 32.1 Å². The summed E-state index contributed by atoms with van der Waals surface area (Å²) in [5, 5.41) is 0. The number of quaternary nitrogens is 1. The van der Waals surface area contributed by atoms with E-state index in [0.29, 0.717) is 11.7 Å². The zero-order chi connectivity index (χ0) is 11.2. The van der Waals surface area contributed by atoms with E-state index in [0.717, 1.165) is 13.0 Å². The van der Waals surface area contributed by atoms with E-state index in [9.17, 15) is 4.79 Å². The number of Topliss-reactive ketones (excluding diaryl/α,β-unsaturated/α-hetero) is 1. The molecule has 17 heavy (non-hydrogen) atoms. The van der Waals surface area contributed by atoms with Gasteiger partial charge in [0.15, 0.2) is 0 Å². The Hall–Kier alpha value is -0.0800. The van der Waals surface area contributed by atoms with Gasteiger partial charge in [0.05, 0.1) is 26.1 Å². The molecule has 0 unspecified atom stereocenters. The quantitative estimate of drug-likeness (QED) is 0.659. The average molecular weight is 260 g/mol. The Morgan fingerprint density at radius 2 is 1.53 bits per heavy atom. The molecule has 0 aromatic carbocycles. The van der Waals surface area contributed by atoms with Crippen molar-refractivity contribution in [3.63, 3.8) is 0 Å². The molecule has 2 rings (SSSR count). The fourth-order valence-electron chi connectivity index (χ4n) is 3.23. The predicted molar refractivity (Wildman–Crippen MR) is 65.6 cm³/mol. The first-order valence-corrected chi connectivity index (χ1v) is 7.22. The van der Waals surface area contributed by atoms with Crippen molar-refractivity contribution in [2.45, 2.75) is 57.8 Å². The minimum absolute atomic E-state index is 0. The van der Waals surface area contributed by atoms with Crippen LogP contribution in [0.15, 0.2) is 0 Å². The molecular weight excluding hydrogens is 234 g/mol. The number of hydrogen-bond acceptors (Lipinski definition) is 1. The van der Waals surface area contributed by atoms with Gasteiger partial charge in [0, 0.05) is 5.92 Å². The Balaban J connectivity index is 0.00000144. The average Bonchev–Trinajstić information content (AvgIpc) is 2.38. The number of ketones is 1. The normalized spacial score (nSPS) is 23.1. The maximum atomic E-state index is 12.0. The van der Waals surface area contributed by atoms with E-state index in [1.165, 1.54) is 64.5 Å². The van der Waals surface area contributed by atoms with E-state index in [-0.39, 0.29) is 12.4 Å². The van der Waals surface area contributed by atoms with Crippen molar-refractivity contribution in [2.75, 3.05) is 19.6 Å². The lowest BCUT2D eigenvalue weighted by atomic mass is 9.85. The van der Waals surface area contributed by atoms with Crippen LogP contribution in [-0.2, 0) is 4.79 Å². The topological polar surface area (TPSA) is 21.5 Å². The molecule has 100 valence electrons. The summed E-state index contributed by atoms with van der Waals surface area (Å²) in [6.45, 7) is 3.71. The van der Waals surface area contributed by atoms with E-state index in [1.807, 2.05) is 0 Å². The van der Waals surface area contributed by atoms with Crippen LogP contribution in [0.25, 0.3) is 0 Å². The van der Waals surface area contributed by atoms with E-state index in [2.05, 4.69) is 0 Å². The Kier molecular flexibility index (Phi) is 7.14. The molecule has 0 aromatic heterocycles. The molecule has 0 aromatic rings. The SMILES string of the molecule is O=C(CC[NH+]1CCCCC1)C1CCCCC1.[Cl-]. The van der Waals surface area contributed by atoms with Gasteiger partial charge in [0.25, 0.3) is 0 Å². The summed E-state index contributed by atoms with van der Waals surface area (Å²) in [7, 11) is 0. The molecule has 1 heterocycles. The molecule has 0 radical (unpaired) electrons. The van der Waals surface area contributed by atoms with Gasteiger partial charge >= 0.3 is 0 Å². The molecule has 2 fully saturated rings. The molecule has 1 saturated heterocycles. The third kappa shape index (κ3) is 4.97. The summed E-state index contributed by atoms with van der Waals surface area (Å²) in [6, 6.07) is 0. The van der Waals surface area contributed by atoms with Gasteiger partial charge in [-0.25, -0.2) is 0 Å². The van der Waals surface area contributed by atoms with Gasteiger partial charge in [-0.3, -0.25) is 4.79 Å². The first kappa shape index (κ1) is 15.0. The highest BCUT2D eigenvalue weighted by molar-refractivity contribution is 5.81. The van der Waals surface area contributed by atoms with Gasteiger partial charge in [0.2, 0.25) is 0 Å². The third-order valence-corrected chi connectivity index (χ3v) is 4.35. The largest absolute Gasteiger partial charge is 1.00 e. The van der Waals surface area contributed by atoms with Crippen molar-refractivity contribution in [1.82, 2.24) is 0 Å². The highest BCUT2D eigenvalue weighted by Crippen LogP contribution is 2.24. The van der Waals surface area contributed by atoms with Gasteiger partial charge in [-0.15, -0.1) is 0 Å². The first-order chi connectivity index (χ1) is 7.86. The van der Waals surface area contributed by atoms with Crippen LogP contribution in [0.5, 0.6) is 0 Å². The molecule has 1 aliphatic heterocycles. The van der Waals surface area contributed by atoms with Gasteiger partial charge in [-0.2, -0.15) is 0 Å². The van der Waals surface area contributed by atoms with Gasteiger partial charge in [-0.1, -0.05) is 19.3 Å². The van der Waals surface area contributed by atoms with Crippen molar-refractivity contribution in [2.24, 2.45) is 5.92 Å². The fourth-order valence-corrected chi connectivity index (χ4v) is 3.23. The predicted octanol–water partition coefficient (Wildman–Crippen LogP) is -1.40. The number of carbonyl (C=O) groups excluding carboxylic acids is 1. The van der Waals surface area contributed by atoms with Crippen molar-refractivity contribution < 1.29 is 22.1 Å². The molecule has 0 spiro atoms. The van der Waals surface area contributed by atoms with Crippen LogP contribution < -0.4 is 17.3 Å². The molecular formula is C14H26ClNO. The van der Waals surface area contributed by atoms with Crippen LogP contribution in [0, 0.1) is 5.92 Å². The van der Waals surface area contributed by atoms with Crippen molar-refractivity contribution in [3.8, 4) is 0 Å². The van der Waals surface area contributed by atoms with Crippen molar-refractivity contribution in [1.29, 1.82) is 0 Å². The molecule has 3 heteroatoms. The lowest BCUT2D eigenvalue weighted by Crippen LogP contribution is -3.12. The monoisotopic (exact) mass is 259 g/mol. The van der Waals surface area contributed by atoms with Gasteiger partial charge < -0.3 is 17.3 Å². The summed E-state index contributed by atoms with van der Waals surface area (Å²) < 4.78 is 0. The van der Waals surface area contributed by atoms with E-state index >= 15 is 0 Å². The zero-order valence-electron chi connectivity index (χ0n) is 10.8. The highest BCUT2D eigenvalue weighted by Gasteiger charge is 2.22. The number of hydrogen-bond donors (Lipinski definition) is 1. The summed E-state index contributed by atoms with van der Waals surface area (Å²) in [6.07, 6.45) is 11.3. The minimum Gasteiger partial charge on any atom is -1.00 e. The second-order valence-electron chi connectivity index (χ2n) is 5.61. The van der Waals surface area contributed by atoms with E-state index < -0.39 is 0 Å². The standard InChI is InChI=1S/C14H25NO.ClH/c16-14(13-7-3-1-4-8-13)9-12-15-10-5-2-6-11-15;/h13H,1-12H2;1H. The Labute approximate surface area is 112 Å².